The predicted molar refractivity (Wildman–Crippen MR) is 59.3 cm³/mol. The molecule has 0 bridgehead atoms. The molecule has 1 amide bonds. The Labute approximate surface area is 91.2 Å². The molecule has 74 valence electrons. The van der Waals surface area contributed by atoms with E-state index >= 15 is 0 Å². The molecule has 1 aromatic carbocycles. The molecule has 0 atom stereocenters. The van der Waals surface area contributed by atoms with Crippen LogP contribution in [0.1, 0.15) is 5.56 Å². The fourth-order valence-electron chi connectivity index (χ4n) is 1.56. The first-order chi connectivity index (χ1) is 6.68. The lowest BCUT2D eigenvalue weighted by atomic mass is 10.1. The van der Waals surface area contributed by atoms with Gasteiger partial charge < -0.3 is 10.2 Å². The molecule has 1 aromatic rings. The second kappa shape index (κ2) is 3.71. The summed E-state index contributed by atoms with van der Waals surface area (Å²) in [4.78, 5) is 13.2. The van der Waals surface area contributed by atoms with E-state index in [1.807, 2.05) is 18.2 Å². The molecule has 4 heteroatoms. The number of rotatable bonds is 0. The Morgan fingerprint density at radius 1 is 1.43 bits per heavy atom. The number of amides is 1. The monoisotopic (exact) mass is 254 g/mol. The Hall–Kier alpha value is -0.870. The van der Waals surface area contributed by atoms with Crippen molar-refractivity contribution in [2.24, 2.45) is 0 Å². The Balaban J connectivity index is 2.49. The van der Waals surface area contributed by atoms with Crippen molar-refractivity contribution in [1.29, 1.82) is 0 Å². The maximum atomic E-state index is 11.5. The van der Waals surface area contributed by atoms with Crippen LogP contribution in [0.2, 0.25) is 0 Å². The van der Waals surface area contributed by atoms with E-state index in [1.54, 1.807) is 11.9 Å². The van der Waals surface area contributed by atoms with Crippen molar-refractivity contribution >= 4 is 27.5 Å². The minimum absolute atomic E-state index is 0.0989. The zero-order valence-corrected chi connectivity index (χ0v) is 9.47. The zero-order chi connectivity index (χ0) is 10.1. The fourth-order valence-corrected chi connectivity index (χ4v) is 1.90. The van der Waals surface area contributed by atoms with E-state index in [4.69, 9.17) is 0 Å². The van der Waals surface area contributed by atoms with Gasteiger partial charge in [0.05, 0.1) is 6.54 Å². The average Bonchev–Trinajstić information content (AvgIpc) is 2.30. The fraction of sp³-hybridized carbons (Fsp3) is 0.300. The van der Waals surface area contributed by atoms with E-state index in [0.717, 1.165) is 22.3 Å². The third-order valence-corrected chi connectivity index (χ3v) is 2.87. The minimum Gasteiger partial charge on any atom is -0.314 e. The van der Waals surface area contributed by atoms with E-state index in [-0.39, 0.29) is 5.91 Å². The Morgan fingerprint density at radius 2 is 2.21 bits per heavy atom. The second-order valence-corrected chi connectivity index (χ2v) is 4.25. The molecule has 0 aromatic heterocycles. The summed E-state index contributed by atoms with van der Waals surface area (Å²) >= 11 is 3.40. The molecule has 0 radical (unpaired) electrons. The summed E-state index contributed by atoms with van der Waals surface area (Å²) in [5.74, 6) is 0.0989. The molecular formula is C10H11BrN2O. The van der Waals surface area contributed by atoms with E-state index < -0.39 is 0 Å². The lowest BCUT2D eigenvalue weighted by Crippen LogP contribution is -2.32. The molecule has 1 N–H and O–H groups in total. The second-order valence-electron chi connectivity index (χ2n) is 3.33. The number of hydrogen-bond donors (Lipinski definition) is 1. The summed E-state index contributed by atoms with van der Waals surface area (Å²) in [6.07, 6.45) is 0. The van der Waals surface area contributed by atoms with Crippen molar-refractivity contribution in [3.8, 4) is 0 Å². The van der Waals surface area contributed by atoms with Gasteiger partial charge >= 0.3 is 0 Å². The molecule has 0 aliphatic carbocycles. The lowest BCUT2D eigenvalue weighted by molar-refractivity contribution is -0.117. The van der Waals surface area contributed by atoms with Gasteiger partial charge in [-0.1, -0.05) is 22.0 Å². The van der Waals surface area contributed by atoms with Crippen molar-refractivity contribution in [2.45, 2.75) is 6.54 Å². The van der Waals surface area contributed by atoms with Crippen LogP contribution in [0.25, 0.3) is 0 Å². The highest BCUT2D eigenvalue weighted by Gasteiger charge is 2.17. The number of carbonyl (C=O) groups is 1. The topological polar surface area (TPSA) is 32.3 Å². The largest absolute Gasteiger partial charge is 0.314 e. The van der Waals surface area contributed by atoms with Crippen LogP contribution in [0.4, 0.5) is 5.69 Å². The molecule has 0 fully saturated rings. The van der Waals surface area contributed by atoms with E-state index in [2.05, 4.69) is 21.2 Å². The first-order valence-electron chi connectivity index (χ1n) is 4.44. The molecule has 0 saturated heterocycles. The van der Waals surface area contributed by atoms with Crippen LogP contribution in [-0.4, -0.2) is 19.5 Å². The molecule has 1 aliphatic rings. The Kier molecular flexibility index (Phi) is 2.56. The van der Waals surface area contributed by atoms with Crippen molar-refractivity contribution in [1.82, 2.24) is 5.32 Å². The van der Waals surface area contributed by atoms with Gasteiger partial charge in [0.15, 0.2) is 0 Å². The average molecular weight is 255 g/mol. The van der Waals surface area contributed by atoms with Crippen LogP contribution in [0.5, 0.6) is 0 Å². The van der Waals surface area contributed by atoms with Gasteiger partial charge in [-0.15, -0.1) is 0 Å². The summed E-state index contributed by atoms with van der Waals surface area (Å²) in [5.41, 5.74) is 2.14. The highest BCUT2D eigenvalue weighted by atomic mass is 79.9. The van der Waals surface area contributed by atoms with Gasteiger partial charge in [-0.2, -0.15) is 0 Å². The highest BCUT2D eigenvalue weighted by molar-refractivity contribution is 9.10. The van der Waals surface area contributed by atoms with E-state index in [9.17, 15) is 4.79 Å². The van der Waals surface area contributed by atoms with Crippen LogP contribution < -0.4 is 10.2 Å². The smallest absolute Gasteiger partial charge is 0.240 e. The number of fused-ring (bicyclic) bond motifs is 1. The van der Waals surface area contributed by atoms with Crippen molar-refractivity contribution < 1.29 is 4.79 Å². The summed E-state index contributed by atoms with van der Waals surface area (Å²) in [6, 6.07) is 5.99. The first kappa shape index (κ1) is 9.68. The van der Waals surface area contributed by atoms with E-state index in [1.165, 1.54) is 0 Å². The van der Waals surface area contributed by atoms with Crippen LogP contribution >= 0.6 is 15.9 Å². The molecule has 0 unspecified atom stereocenters. The van der Waals surface area contributed by atoms with Crippen LogP contribution in [0.15, 0.2) is 22.7 Å². The number of anilines is 1. The Bertz CT molecular complexity index is 378. The van der Waals surface area contributed by atoms with Crippen LogP contribution in [0.3, 0.4) is 0 Å². The van der Waals surface area contributed by atoms with Crippen LogP contribution in [0, 0.1) is 0 Å². The quantitative estimate of drug-likeness (QED) is 0.762. The van der Waals surface area contributed by atoms with Crippen molar-refractivity contribution in [2.75, 3.05) is 18.5 Å². The molecule has 14 heavy (non-hydrogen) atoms. The SMILES string of the molecule is CN1C(=O)CNCc2ccc(Br)cc21. The normalized spacial score (nSPS) is 16.4. The van der Waals surface area contributed by atoms with Crippen molar-refractivity contribution in [3.63, 3.8) is 0 Å². The van der Waals surface area contributed by atoms with Crippen molar-refractivity contribution in [3.05, 3.63) is 28.2 Å². The molecule has 1 aliphatic heterocycles. The third kappa shape index (κ3) is 1.67. The van der Waals surface area contributed by atoms with Gasteiger partial charge in [0.1, 0.15) is 0 Å². The molecule has 1 heterocycles. The molecule has 2 rings (SSSR count). The van der Waals surface area contributed by atoms with E-state index in [0.29, 0.717) is 6.54 Å². The lowest BCUT2D eigenvalue weighted by Gasteiger charge is -2.16. The summed E-state index contributed by atoms with van der Waals surface area (Å²) in [5, 5.41) is 3.10. The zero-order valence-electron chi connectivity index (χ0n) is 7.88. The van der Waals surface area contributed by atoms with Gasteiger partial charge in [0.2, 0.25) is 5.91 Å². The van der Waals surface area contributed by atoms with Gasteiger partial charge in [-0.25, -0.2) is 0 Å². The highest BCUT2D eigenvalue weighted by Crippen LogP contribution is 2.25. The standard InChI is InChI=1S/C10H11BrN2O/c1-13-9-4-8(11)3-2-7(9)5-12-6-10(13)14/h2-4,12H,5-6H2,1H3. The van der Waals surface area contributed by atoms with Gasteiger partial charge in [-0.3, -0.25) is 4.79 Å². The molecule has 0 spiro atoms. The van der Waals surface area contributed by atoms with Gasteiger partial charge in [0.25, 0.3) is 0 Å². The number of hydrogen-bond acceptors (Lipinski definition) is 2. The number of nitrogens with zero attached hydrogens (tertiary/aromatic N) is 1. The predicted octanol–water partition coefficient (Wildman–Crippen LogP) is 1.52. The maximum absolute atomic E-state index is 11.5. The molecule has 3 nitrogen and oxygen atoms in total. The Morgan fingerprint density at radius 3 is 3.00 bits per heavy atom. The number of benzene rings is 1. The summed E-state index contributed by atoms with van der Waals surface area (Å²) in [7, 11) is 1.81. The summed E-state index contributed by atoms with van der Waals surface area (Å²) < 4.78 is 0.998. The molecular weight excluding hydrogens is 244 g/mol. The number of nitrogens with one attached hydrogen (secondary N) is 1. The van der Waals surface area contributed by atoms with Crippen LogP contribution in [-0.2, 0) is 11.3 Å². The number of likely N-dealkylation sites (N-methyl/N-ethyl adjacent to an activating group) is 1. The van der Waals surface area contributed by atoms with Gasteiger partial charge in [-0.05, 0) is 17.7 Å². The molecule has 0 saturated carbocycles. The maximum Gasteiger partial charge on any atom is 0.240 e. The summed E-state index contributed by atoms with van der Waals surface area (Å²) in [6.45, 7) is 1.15. The minimum atomic E-state index is 0.0989. The first-order valence-corrected chi connectivity index (χ1v) is 5.23. The number of halogens is 1. The third-order valence-electron chi connectivity index (χ3n) is 2.37. The number of carbonyl (C=O) groups excluding carboxylic acids is 1. The van der Waals surface area contributed by atoms with Gasteiger partial charge in [0, 0.05) is 23.8 Å².